The number of hydrogen-bond donors (Lipinski definition) is 0. The number of pyridine rings is 1. The number of sulfonamides is 1. The highest BCUT2D eigenvalue weighted by atomic mass is 32.2. The summed E-state index contributed by atoms with van der Waals surface area (Å²) in [4.78, 5) is 4.32. The molecule has 2 aromatic rings. The molecule has 0 amide bonds. The first-order valence-electron chi connectivity index (χ1n) is 8.52. The van der Waals surface area contributed by atoms with Crippen molar-refractivity contribution >= 4 is 10.0 Å². The Morgan fingerprint density at radius 2 is 1.65 bits per heavy atom. The van der Waals surface area contributed by atoms with Gasteiger partial charge in [0.15, 0.2) is 0 Å². The van der Waals surface area contributed by atoms with Crippen LogP contribution in [0.1, 0.15) is 29.7 Å². The monoisotopic (exact) mass is 380 g/mol. The zero-order chi connectivity index (χ0) is 19.1. The van der Waals surface area contributed by atoms with Gasteiger partial charge in [0.2, 0.25) is 10.0 Å². The van der Waals surface area contributed by atoms with Gasteiger partial charge in [0, 0.05) is 43.4 Å². The molecule has 0 aliphatic carbocycles. The van der Waals surface area contributed by atoms with E-state index in [0.29, 0.717) is 5.56 Å². The highest BCUT2D eigenvalue weighted by Gasteiger charge is 2.39. The lowest BCUT2D eigenvalue weighted by Crippen LogP contribution is -2.42. The molecule has 7 heteroatoms. The second kappa shape index (κ2) is 6.70. The lowest BCUT2D eigenvalue weighted by atomic mass is 10.0. The highest BCUT2D eigenvalue weighted by Crippen LogP contribution is 2.35. The van der Waals surface area contributed by atoms with Crippen LogP contribution in [0.2, 0.25) is 0 Å². The first kappa shape index (κ1) is 18.9. The van der Waals surface area contributed by atoms with Gasteiger partial charge < -0.3 is 0 Å². The third-order valence-corrected chi connectivity index (χ3v) is 6.81. The molecule has 1 aliphatic heterocycles. The number of nitrogens with zero attached hydrogens (tertiary/aromatic N) is 2. The molecule has 4 nitrogen and oxygen atoms in total. The minimum absolute atomic E-state index is 0.163. The van der Waals surface area contributed by atoms with Crippen LogP contribution >= 0.6 is 0 Å². The van der Waals surface area contributed by atoms with Crippen molar-refractivity contribution in [3.05, 3.63) is 47.3 Å². The van der Waals surface area contributed by atoms with Crippen molar-refractivity contribution in [2.45, 2.75) is 44.4 Å². The Kier molecular flexibility index (Phi) is 4.88. The van der Waals surface area contributed by atoms with E-state index >= 15 is 0 Å². The van der Waals surface area contributed by atoms with Gasteiger partial charge in [-0.05, 0) is 61.7 Å². The molecule has 0 spiro atoms. The summed E-state index contributed by atoms with van der Waals surface area (Å²) in [5.41, 5.74) is 3.93. The molecule has 1 aromatic carbocycles. The maximum atomic E-state index is 13.4. The minimum Gasteiger partial charge on any atom is -0.262 e. The molecule has 3 rings (SSSR count). The van der Waals surface area contributed by atoms with Gasteiger partial charge in [0.25, 0.3) is 5.92 Å². The van der Waals surface area contributed by atoms with Gasteiger partial charge in [-0.15, -0.1) is 0 Å². The SMILES string of the molecule is Cc1cc(-c2cc(C)c(C)cc2S(=O)(=O)N2CCC(F)(F)CC2)ccn1. The smallest absolute Gasteiger partial charge is 0.250 e. The van der Waals surface area contributed by atoms with Crippen molar-refractivity contribution in [1.82, 2.24) is 9.29 Å². The Balaban J connectivity index is 2.10. The number of aromatic nitrogens is 1. The number of rotatable bonds is 3. The summed E-state index contributed by atoms with van der Waals surface area (Å²) in [6.45, 7) is 5.27. The Hall–Kier alpha value is -1.86. The van der Waals surface area contributed by atoms with Crippen molar-refractivity contribution in [3.8, 4) is 11.1 Å². The molecule has 0 atom stereocenters. The largest absolute Gasteiger partial charge is 0.262 e. The van der Waals surface area contributed by atoms with Crippen molar-refractivity contribution in [2.24, 2.45) is 0 Å². The van der Waals surface area contributed by atoms with Crippen LogP contribution in [0.4, 0.5) is 8.78 Å². The van der Waals surface area contributed by atoms with E-state index in [1.54, 1.807) is 18.3 Å². The number of aryl methyl sites for hydroxylation is 3. The highest BCUT2D eigenvalue weighted by molar-refractivity contribution is 7.89. The van der Waals surface area contributed by atoms with E-state index in [4.69, 9.17) is 0 Å². The Labute approximate surface area is 152 Å². The fourth-order valence-electron chi connectivity index (χ4n) is 3.13. The molecule has 0 bridgehead atoms. The van der Waals surface area contributed by atoms with Gasteiger partial charge in [-0.1, -0.05) is 0 Å². The molecule has 26 heavy (non-hydrogen) atoms. The molecule has 0 N–H and O–H groups in total. The number of hydrogen-bond acceptors (Lipinski definition) is 3. The van der Waals surface area contributed by atoms with E-state index in [-0.39, 0.29) is 18.0 Å². The van der Waals surface area contributed by atoms with Crippen molar-refractivity contribution < 1.29 is 17.2 Å². The maximum Gasteiger partial charge on any atom is 0.250 e. The van der Waals surface area contributed by atoms with Crippen LogP contribution in [0.5, 0.6) is 0 Å². The van der Waals surface area contributed by atoms with E-state index < -0.39 is 28.8 Å². The second-order valence-corrected chi connectivity index (χ2v) is 8.78. The third kappa shape index (κ3) is 3.64. The number of piperidine rings is 1. The van der Waals surface area contributed by atoms with E-state index in [1.165, 1.54) is 4.31 Å². The molecular weight excluding hydrogens is 358 g/mol. The molecule has 0 saturated carbocycles. The van der Waals surface area contributed by atoms with Crippen molar-refractivity contribution in [3.63, 3.8) is 0 Å². The van der Waals surface area contributed by atoms with Crippen LogP contribution in [-0.2, 0) is 10.0 Å². The van der Waals surface area contributed by atoms with Gasteiger partial charge in [-0.25, -0.2) is 17.2 Å². The first-order chi connectivity index (χ1) is 12.1. The zero-order valence-electron chi connectivity index (χ0n) is 15.1. The minimum atomic E-state index is -3.86. The van der Waals surface area contributed by atoms with E-state index in [1.807, 2.05) is 32.9 Å². The summed E-state index contributed by atoms with van der Waals surface area (Å²) in [5, 5.41) is 0. The third-order valence-electron chi connectivity index (χ3n) is 4.88. The summed E-state index contributed by atoms with van der Waals surface area (Å²) >= 11 is 0. The van der Waals surface area contributed by atoms with Crippen molar-refractivity contribution in [2.75, 3.05) is 13.1 Å². The van der Waals surface area contributed by atoms with Crippen LogP contribution in [0.3, 0.4) is 0 Å². The van der Waals surface area contributed by atoms with Crippen LogP contribution in [0, 0.1) is 20.8 Å². The summed E-state index contributed by atoms with van der Waals surface area (Å²) in [5.74, 6) is -2.79. The summed E-state index contributed by atoms with van der Waals surface area (Å²) in [6, 6.07) is 7.08. The summed E-state index contributed by atoms with van der Waals surface area (Å²) < 4.78 is 54.5. The van der Waals surface area contributed by atoms with E-state index in [9.17, 15) is 17.2 Å². The molecule has 0 unspecified atom stereocenters. The van der Waals surface area contributed by atoms with E-state index in [2.05, 4.69) is 4.98 Å². The Morgan fingerprint density at radius 1 is 1.04 bits per heavy atom. The summed E-state index contributed by atoms with van der Waals surface area (Å²) in [6.07, 6.45) is 0.749. The molecule has 0 radical (unpaired) electrons. The average Bonchev–Trinajstić information content (AvgIpc) is 2.56. The van der Waals surface area contributed by atoms with Crippen LogP contribution in [0.15, 0.2) is 35.4 Å². The molecule has 2 heterocycles. The first-order valence-corrected chi connectivity index (χ1v) is 9.96. The zero-order valence-corrected chi connectivity index (χ0v) is 15.9. The van der Waals surface area contributed by atoms with Crippen molar-refractivity contribution in [1.29, 1.82) is 0 Å². The maximum absolute atomic E-state index is 13.4. The van der Waals surface area contributed by atoms with Crippen LogP contribution < -0.4 is 0 Å². The van der Waals surface area contributed by atoms with Gasteiger partial charge in [0.1, 0.15) is 0 Å². The fourth-order valence-corrected chi connectivity index (χ4v) is 4.86. The predicted octanol–water partition coefficient (Wildman–Crippen LogP) is 4.09. The average molecular weight is 380 g/mol. The van der Waals surface area contributed by atoms with Gasteiger partial charge in [-0.3, -0.25) is 4.98 Å². The standard InChI is InChI=1S/C19H22F2N2O2S/c1-13-10-17(16-4-7-22-15(3)12-16)18(11-14(13)2)26(24,25)23-8-5-19(20,21)6-9-23/h4,7,10-12H,5-6,8-9H2,1-3H3. The lowest BCUT2D eigenvalue weighted by molar-refractivity contribution is -0.0411. The molecular formula is C19H22F2N2O2S. The Morgan fingerprint density at radius 3 is 2.27 bits per heavy atom. The molecule has 1 aliphatic rings. The normalized spacial score (nSPS) is 18.0. The number of halogens is 2. The predicted molar refractivity (Wildman–Crippen MR) is 96.8 cm³/mol. The second-order valence-electron chi connectivity index (χ2n) is 6.88. The molecule has 1 aromatic heterocycles. The van der Waals surface area contributed by atoms with E-state index in [0.717, 1.165) is 22.4 Å². The number of alkyl halides is 2. The Bertz CT molecular complexity index is 933. The summed E-state index contributed by atoms with van der Waals surface area (Å²) in [7, 11) is -3.86. The lowest BCUT2D eigenvalue weighted by Gasteiger charge is -2.31. The van der Waals surface area contributed by atoms with Gasteiger partial charge in [-0.2, -0.15) is 4.31 Å². The van der Waals surface area contributed by atoms with Gasteiger partial charge in [0.05, 0.1) is 4.90 Å². The topological polar surface area (TPSA) is 50.3 Å². The van der Waals surface area contributed by atoms with Gasteiger partial charge >= 0.3 is 0 Å². The molecule has 1 fully saturated rings. The van der Waals surface area contributed by atoms with Crippen LogP contribution in [0.25, 0.3) is 11.1 Å². The van der Waals surface area contributed by atoms with Crippen LogP contribution in [-0.4, -0.2) is 36.7 Å². The molecule has 1 saturated heterocycles. The quantitative estimate of drug-likeness (QED) is 0.806. The fraction of sp³-hybridized carbons (Fsp3) is 0.421. The number of benzene rings is 1. The molecule has 140 valence electrons.